The fraction of sp³-hybridized carbons (Fsp3) is 0.562. The standard InChI is InChI=1S/C16H25F2N3.HI/c1-5-12(4)21-16(19-6-2)20-10-11(3)14-8-7-13(17)9-15(14)18;/h7-9,11-12H,5-6,10H2,1-4H3,(H2,19,20,21);1H. The molecule has 0 heterocycles. The van der Waals surface area contributed by atoms with E-state index in [4.69, 9.17) is 0 Å². The Balaban J connectivity index is 0.00000441. The molecule has 0 fully saturated rings. The number of nitrogens with zero attached hydrogens (tertiary/aromatic N) is 1. The third-order valence-corrected chi connectivity index (χ3v) is 3.36. The van der Waals surface area contributed by atoms with E-state index in [9.17, 15) is 8.78 Å². The van der Waals surface area contributed by atoms with Crippen LogP contribution in [0, 0.1) is 11.6 Å². The van der Waals surface area contributed by atoms with Crippen LogP contribution in [0.1, 0.15) is 45.6 Å². The van der Waals surface area contributed by atoms with Gasteiger partial charge < -0.3 is 10.6 Å². The van der Waals surface area contributed by atoms with Crippen LogP contribution < -0.4 is 10.6 Å². The monoisotopic (exact) mass is 425 g/mol. The minimum Gasteiger partial charge on any atom is -0.357 e. The smallest absolute Gasteiger partial charge is 0.191 e. The van der Waals surface area contributed by atoms with Crippen molar-refractivity contribution in [3.8, 4) is 0 Å². The van der Waals surface area contributed by atoms with Crippen molar-refractivity contribution >= 4 is 29.9 Å². The van der Waals surface area contributed by atoms with Crippen LogP contribution in [0.5, 0.6) is 0 Å². The molecule has 22 heavy (non-hydrogen) atoms. The molecule has 0 amide bonds. The fourth-order valence-electron chi connectivity index (χ4n) is 1.88. The first kappa shape index (κ1) is 21.1. The molecule has 1 rings (SSSR count). The summed E-state index contributed by atoms with van der Waals surface area (Å²) in [5.41, 5.74) is 0.486. The largest absolute Gasteiger partial charge is 0.357 e. The normalized spacial score (nSPS) is 14.0. The maximum Gasteiger partial charge on any atom is 0.191 e. The molecular weight excluding hydrogens is 399 g/mol. The zero-order valence-corrected chi connectivity index (χ0v) is 15.9. The summed E-state index contributed by atoms with van der Waals surface area (Å²) in [6, 6.07) is 4.00. The van der Waals surface area contributed by atoms with Crippen molar-refractivity contribution in [1.82, 2.24) is 10.6 Å². The fourth-order valence-corrected chi connectivity index (χ4v) is 1.88. The second-order valence-electron chi connectivity index (χ2n) is 5.24. The van der Waals surface area contributed by atoms with Gasteiger partial charge in [0.1, 0.15) is 11.6 Å². The molecule has 0 radical (unpaired) electrons. The van der Waals surface area contributed by atoms with Gasteiger partial charge in [-0.15, -0.1) is 24.0 Å². The number of aliphatic imine (C=N–C) groups is 1. The third kappa shape index (κ3) is 6.89. The van der Waals surface area contributed by atoms with Gasteiger partial charge in [-0.2, -0.15) is 0 Å². The number of guanidine groups is 1. The van der Waals surface area contributed by atoms with E-state index in [-0.39, 0.29) is 29.9 Å². The molecule has 0 aliphatic carbocycles. The molecule has 2 unspecified atom stereocenters. The van der Waals surface area contributed by atoms with Gasteiger partial charge in [0.15, 0.2) is 5.96 Å². The van der Waals surface area contributed by atoms with Crippen LogP contribution in [0.15, 0.2) is 23.2 Å². The summed E-state index contributed by atoms with van der Waals surface area (Å²) in [5.74, 6) is -0.462. The molecular formula is C16H26F2IN3. The first-order valence-electron chi connectivity index (χ1n) is 7.47. The number of hydrogen-bond acceptors (Lipinski definition) is 1. The van der Waals surface area contributed by atoms with Gasteiger partial charge in [0.05, 0.1) is 0 Å². The summed E-state index contributed by atoms with van der Waals surface area (Å²) in [6.07, 6.45) is 0.993. The van der Waals surface area contributed by atoms with Crippen molar-refractivity contribution in [2.24, 2.45) is 4.99 Å². The minimum atomic E-state index is -0.557. The molecule has 1 aromatic carbocycles. The lowest BCUT2D eigenvalue weighted by Gasteiger charge is -2.17. The molecule has 2 atom stereocenters. The highest BCUT2D eigenvalue weighted by atomic mass is 127. The van der Waals surface area contributed by atoms with Crippen LogP contribution in [0.3, 0.4) is 0 Å². The lowest BCUT2D eigenvalue weighted by molar-refractivity contribution is 0.559. The van der Waals surface area contributed by atoms with Crippen LogP contribution in [-0.2, 0) is 0 Å². The van der Waals surface area contributed by atoms with Gasteiger partial charge in [0.2, 0.25) is 0 Å². The van der Waals surface area contributed by atoms with Crippen molar-refractivity contribution in [3.05, 3.63) is 35.4 Å². The zero-order chi connectivity index (χ0) is 15.8. The Labute approximate surface area is 149 Å². The van der Waals surface area contributed by atoms with E-state index in [1.54, 1.807) is 0 Å². The molecule has 2 N–H and O–H groups in total. The number of hydrogen-bond donors (Lipinski definition) is 2. The van der Waals surface area contributed by atoms with Crippen molar-refractivity contribution in [3.63, 3.8) is 0 Å². The topological polar surface area (TPSA) is 36.4 Å². The van der Waals surface area contributed by atoms with E-state index in [1.807, 2.05) is 13.8 Å². The van der Waals surface area contributed by atoms with Crippen molar-refractivity contribution in [2.75, 3.05) is 13.1 Å². The van der Waals surface area contributed by atoms with Crippen molar-refractivity contribution in [2.45, 2.75) is 46.1 Å². The van der Waals surface area contributed by atoms with Gasteiger partial charge in [-0.25, -0.2) is 8.78 Å². The molecule has 3 nitrogen and oxygen atoms in total. The van der Waals surface area contributed by atoms with Gasteiger partial charge in [0, 0.05) is 31.1 Å². The zero-order valence-electron chi connectivity index (χ0n) is 13.6. The van der Waals surface area contributed by atoms with E-state index >= 15 is 0 Å². The average molecular weight is 425 g/mol. The summed E-state index contributed by atoms with van der Waals surface area (Å²) in [6.45, 7) is 9.26. The predicted molar refractivity (Wildman–Crippen MR) is 99.1 cm³/mol. The molecule has 126 valence electrons. The molecule has 0 spiro atoms. The molecule has 0 saturated heterocycles. The molecule has 0 aromatic heterocycles. The molecule has 1 aromatic rings. The number of nitrogens with one attached hydrogen (secondary N) is 2. The highest BCUT2D eigenvalue weighted by Gasteiger charge is 2.12. The van der Waals surface area contributed by atoms with Gasteiger partial charge in [-0.3, -0.25) is 4.99 Å². The predicted octanol–water partition coefficient (Wildman–Crippen LogP) is 4.04. The van der Waals surface area contributed by atoms with Crippen molar-refractivity contribution < 1.29 is 8.78 Å². The summed E-state index contributed by atoms with van der Waals surface area (Å²) in [5, 5.41) is 6.45. The summed E-state index contributed by atoms with van der Waals surface area (Å²) >= 11 is 0. The summed E-state index contributed by atoms with van der Waals surface area (Å²) in [4.78, 5) is 4.48. The summed E-state index contributed by atoms with van der Waals surface area (Å²) < 4.78 is 26.6. The molecule has 0 aliphatic heterocycles. The first-order chi connectivity index (χ1) is 9.97. The second kappa shape index (κ2) is 10.7. The van der Waals surface area contributed by atoms with Crippen molar-refractivity contribution in [1.29, 1.82) is 0 Å². The second-order valence-corrected chi connectivity index (χ2v) is 5.24. The Morgan fingerprint density at radius 1 is 1.23 bits per heavy atom. The van der Waals surface area contributed by atoms with E-state index in [1.165, 1.54) is 12.1 Å². The average Bonchev–Trinajstić information content (AvgIpc) is 2.44. The maximum absolute atomic E-state index is 13.7. The van der Waals surface area contributed by atoms with E-state index in [0.29, 0.717) is 18.2 Å². The molecule has 0 bridgehead atoms. The first-order valence-corrected chi connectivity index (χ1v) is 7.47. The Bertz CT molecular complexity index is 480. The number of halogens is 3. The molecule has 0 saturated carbocycles. The van der Waals surface area contributed by atoms with E-state index < -0.39 is 11.6 Å². The van der Waals surface area contributed by atoms with Crippen LogP contribution in [0.25, 0.3) is 0 Å². The van der Waals surface area contributed by atoms with Gasteiger partial charge in [-0.05, 0) is 31.9 Å². The highest BCUT2D eigenvalue weighted by Crippen LogP contribution is 2.20. The Kier molecular flexibility index (Phi) is 10.3. The van der Waals surface area contributed by atoms with Gasteiger partial charge >= 0.3 is 0 Å². The molecule has 0 aliphatic rings. The molecule has 6 heteroatoms. The van der Waals surface area contributed by atoms with Crippen LogP contribution in [0.4, 0.5) is 8.78 Å². The number of benzene rings is 1. The Hall–Kier alpha value is -0.920. The number of rotatable bonds is 6. The Morgan fingerprint density at radius 2 is 1.91 bits per heavy atom. The highest BCUT2D eigenvalue weighted by molar-refractivity contribution is 14.0. The maximum atomic E-state index is 13.7. The van der Waals surface area contributed by atoms with E-state index in [0.717, 1.165) is 25.0 Å². The Morgan fingerprint density at radius 3 is 2.45 bits per heavy atom. The van der Waals surface area contributed by atoms with Crippen LogP contribution >= 0.6 is 24.0 Å². The lowest BCUT2D eigenvalue weighted by Crippen LogP contribution is -2.42. The quantitative estimate of drug-likeness (QED) is 0.410. The van der Waals surface area contributed by atoms with Crippen LogP contribution in [-0.4, -0.2) is 25.1 Å². The third-order valence-electron chi connectivity index (χ3n) is 3.36. The van der Waals surface area contributed by atoms with Gasteiger partial charge in [0.25, 0.3) is 0 Å². The lowest BCUT2D eigenvalue weighted by atomic mass is 10.0. The SMILES string of the molecule is CCNC(=NCC(C)c1ccc(F)cc1F)NC(C)CC.I. The minimum absolute atomic E-state index is 0. The summed E-state index contributed by atoms with van der Waals surface area (Å²) in [7, 11) is 0. The van der Waals surface area contributed by atoms with E-state index in [2.05, 4.69) is 29.5 Å². The van der Waals surface area contributed by atoms with Gasteiger partial charge in [-0.1, -0.05) is 19.9 Å². The van der Waals surface area contributed by atoms with Crippen LogP contribution in [0.2, 0.25) is 0 Å².